The molecule has 0 saturated carbocycles. The van der Waals surface area contributed by atoms with Crippen LogP contribution in [0.1, 0.15) is 37.0 Å². The Hall–Kier alpha value is -4.58. The molecule has 1 atom stereocenters. The summed E-state index contributed by atoms with van der Waals surface area (Å²) in [4.78, 5) is 15.4. The molecule has 0 fully saturated rings. The molecular formula is C33H34N4O5S2. The van der Waals surface area contributed by atoms with Gasteiger partial charge < -0.3 is 19.7 Å². The smallest absolute Gasteiger partial charge is 0.415 e. The molecule has 228 valence electrons. The number of thiocarbonyl (C=S) groups is 1. The monoisotopic (exact) mass is 630 g/mol. The number of ether oxygens (including phenoxy) is 2. The third-order valence-electron chi connectivity index (χ3n) is 7.08. The van der Waals surface area contributed by atoms with Gasteiger partial charge in [-0.1, -0.05) is 67.7 Å². The van der Waals surface area contributed by atoms with Crippen molar-refractivity contribution in [3.63, 3.8) is 0 Å². The number of rotatable bonds is 10. The Bertz CT molecular complexity index is 1760. The van der Waals surface area contributed by atoms with Crippen molar-refractivity contribution in [2.24, 2.45) is 5.14 Å². The maximum absolute atomic E-state index is 13.4. The van der Waals surface area contributed by atoms with Crippen molar-refractivity contribution in [3.8, 4) is 22.6 Å². The number of carbonyl (C=O) groups excluding carboxylic acids is 1. The molecule has 1 amide bonds. The van der Waals surface area contributed by atoms with Crippen molar-refractivity contribution in [1.82, 2.24) is 10.2 Å². The van der Waals surface area contributed by atoms with Crippen LogP contribution in [-0.2, 0) is 16.6 Å². The van der Waals surface area contributed by atoms with Crippen molar-refractivity contribution in [1.29, 1.82) is 5.41 Å². The van der Waals surface area contributed by atoms with Gasteiger partial charge in [0.15, 0.2) is 0 Å². The number of methoxy groups -OCH3 is 1. The SMILES string of the molecule is CCC(C)N(Cc1cccc(C(=N)NC(=S)c2ccc(OC)cc2)c1)C(=O)Oc1ccc(-c2ccccc2S(N)(=O)=O)cc1. The number of hydrogen-bond acceptors (Lipinski definition) is 7. The molecule has 0 bridgehead atoms. The van der Waals surface area contributed by atoms with Gasteiger partial charge >= 0.3 is 6.09 Å². The summed E-state index contributed by atoms with van der Waals surface area (Å²) in [5.41, 5.74) is 3.27. The van der Waals surface area contributed by atoms with E-state index in [1.54, 1.807) is 72.7 Å². The first kappa shape index (κ1) is 32.3. The van der Waals surface area contributed by atoms with Gasteiger partial charge in [-0.25, -0.2) is 18.4 Å². The highest BCUT2D eigenvalue weighted by Crippen LogP contribution is 2.28. The van der Waals surface area contributed by atoms with E-state index in [0.717, 1.165) is 11.1 Å². The zero-order valence-electron chi connectivity index (χ0n) is 24.6. The molecule has 44 heavy (non-hydrogen) atoms. The first-order valence-corrected chi connectivity index (χ1v) is 15.8. The Labute approximate surface area is 263 Å². The number of amidine groups is 1. The lowest BCUT2D eigenvalue weighted by atomic mass is 10.1. The zero-order chi connectivity index (χ0) is 31.9. The minimum Gasteiger partial charge on any atom is -0.497 e. The van der Waals surface area contributed by atoms with E-state index < -0.39 is 16.1 Å². The summed E-state index contributed by atoms with van der Waals surface area (Å²) in [6.07, 6.45) is 0.169. The highest BCUT2D eigenvalue weighted by molar-refractivity contribution is 7.89. The van der Waals surface area contributed by atoms with E-state index in [0.29, 0.717) is 39.6 Å². The van der Waals surface area contributed by atoms with Crippen LogP contribution in [0.2, 0.25) is 0 Å². The summed E-state index contributed by atoms with van der Waals surface area (Å²) in [7, 11) is -2.32. The average molecular weight is 631 g/mol. The molecule has 0 saturated heterocycles. The van der Waals surface area contributed by atoms with Gasteiger partial charge in [0.2, 0.25) is 10.0 Å². The van der Waals surface area contributed by atoms with E-state index in [2.05, 4.69) is 5.32 Å². The highest BCUT2D eigenvalue weighted by atomic mass is 32.2. The second-order valence-corrected chi connectivity index (χ2v) is 12.0. The summed E-state index contributed by atoms with van der Waals surface area (Å²) in [6.45, 7) is 4.19. The maximum Gasteiger partial charge on any atom is 0.415 e. The normalized spacial score (nSPS) is 11.7. The topological polar surface area (TPSA) is 135 Å². The lowest BCUT2D eigenvalue weighted by molar-refractivity contribution is 0.130. The minimum absolute atomic E-state index is 0.0146. The predicted octanol–water partition coefficient (Wildman–Crippen LogP) is 6.10. The van der Waals surface area contributed by atoms with Crippen molar-refractivity contribution in [3.05, 3.63) is 114 Å². The predicted molar refractivity (Wildman–Crippen MR) is 176 cm³/mol. The van der Waals surface area contributed by atoms with Gasteiger partial charge in [0, 0.05) is 29.3 Å². The molecule has 4 aromatic carbocycles. The highest BCUT2D eigenvalue weighted by Gasteiger charge is 2.22. The zero-order valence-corrected chi connectivity index (χ0v) is 26.2. The number of hydrogen-bond donors (Lipinski definition) is 3. The second kappa shape index (κ2) is 14.3. The molecule has 4 aromatic rings. The Morgan fingerprint density at radius 2 is 1.61 bits per heavy atom. The average Bonchev–Trinajstić information content (AvgIpc) is 3.03. The molecule has 9 nitrogen and oxygen atoms in total. The lowest BCUT2D eigenvalue weighted by Crippen LogP contribution is -2.39. The summed E-state index contributed by atoms with van der Waals surface area (Å²) in [5, 5.41) is 16.9. The molecule has 0 heterocycles. The van der Waals surface area contributed by atoms with E-state index >= 15 is 0 Å². The van der Waals surface area contributed by atoms with Crippen LogP contribution in [0.15, 0.2) is 102 Å². The van der Waals surface area contributed by atoms with Crippen LogP contribution in [0.25, 0.3) is 11.1 Å². The Balaban J connectivity index is 1.46. The van der Waals surface area contributed by atoms with Crippen molar-refractivity contribution in [2.45, 2.75) is 37.8 Å². The first-order chi connectivity index (χ1) is 21.0. The molecule has 0 aliphatic rings. The number of primary sulfonamides is 1. The molecule has 1 unspecified atom stereocenters. The summed E-state index contributed by atoms with van der Waals surface area (Å²) in [5.74, 6) is 1.16. The van der Waals surface area contributed by atoms with E-state index in [-0.39, 0.29) is 23.3 Å². The number of nitrogens with one attached hydrogen (secondary N) is 2. The van der Waals surface area contributed by atoms with Gasteiger partial charge in [0.25, 0.3) is 0 Å². The van der Waals surface area contributed by atoms with Crippen LogP contribution in [0, 0.1) is 5.41 Å². The molecule has 0 aromatic heterocycles. The number of nitrogens with zero attached hydrogens (tertiary/aromatic N) is 1. The largest absolute Gasteiger partial charge is 0.497 e. The van der Waals surface area contributed by atoms with Crippen LogP contribution < -0.4 is 19.9 Å². The standard InChI is InChI=1S/C33H34N4O5S2/c1-4-22(2)37(33(38)42-28-18-12-24(13-19-28)29-10-5-6-11-30(29)44(35,39)40)21-23-8-7-9-26(20-23)31(34)36-32(43)25-14-16-27(41-3)17-15-25/h5-20,22H,4,21H2,1-3H3,(H2,34,36,43)(H2,35,39,40). The molecule has 4 N–H and O–H groups in total. The van der Waals surface area contributed by atoms with Crippen LogP contribution in [0.4, 0.5) is 4.79 Å². The maximum atomic E-state index is 13.4. The second-order valence-electron chi connectivity index (χ2n) is 10.1. The molecule has 11 heteroatoms. The number of sulfonamides is 1. The minimum atomic E-state index is -3.91. The Morgan fingerprint density at radius 1 is 0.955 bits per heavy atom. The summed E-state index contributed by atoms with van der Waals surface area (Å²) in [6, 6.07) is 27.5. The fraction of sp³-hybridized carbons (Fsp3) is 0.182. The summed E-state index contributed by atoms with van der Waals surface area (Å²) >= 11 is 5.49. The van der Waals surface area contributed by atoms with E-state index in [9.17, 15) is 13.2 Å². The number of benzene rings is 4. The number of carbonyl (C=O) groups is 1. The van der Waals surface area contributed by atoms with Gasteiger partial charge in [-0.2, -0.15) is 0 Å². The molecule has 4 rings (SSSR count). The first-order valence-electron chi connectivity index (χ1n) is 13.8. The van der Waals surface area contributed by atoms with Crippen LogP contribution in [0.3, 0.4) is 0 Å². The van der Waals surface area contributed by atoms with Crippen LogP contribution in [0.5, 0.6) is 11.5 Å². The van der Waals surface area contributed by atoms with Gasteiger partial charge in [-0.3, -0.25) is 5.41 Å². The van der Waals surface area contributed by atoms with E-state index in [1.165, 1.54) is 6.07 Å². The quantitative estimate of drug-likeness (QED) is 0.109. The Kier molecular flexibility index (Phi) is 10.5. The van der Waals surface area contributed by atoms with Crippen molar-refractivity contribution in [2.75, 3.05) is 7.11 Å². The van der Waals surface area contributed by atoms with Gasteiger partial charge in [0.05, 0.1) is 12.0 Å². The molecule has 0 spiro atoms. The number of amides is 1. The lowest BCUT2D eigenvalue weighted by Gasteiger charge is -2.28. The molecule has 0 aliphatic carbocycles. The van der Waals surface area contributed by atoms with Crippen LogP contribution >= 0.6 is 12.2 Å². The Morgan fingerprint density at radius 3 is 2.25 bits per heavy atom. The fourth-order valence-corrected chi connectivity index (χ4v) is 5.46. The van der Waals surface area contributed by atoms with Crippen molar-refractivity contribution < 1.29 is 22.7 Å². The third kappa shape index (κ3) is 8.07. The number of nitrogens with two attached hydrogens (primary N) is 1. The molecule has 0 aliphatic heterocycles. The molecule has 0 radical (unpaired) electrons. The third-order valence-corrected chi connectivity index (χ3v) is 8.39. The van der Waals surface area contributed by atoms with Gasteiger partial charge in [0.1, 0.15) is 22.3 Å². The van der Waals surface area contributed by atoms with Crippen LogP contribution in [-0.4, -0.2) is 43.4 Å². The van der Waals surface area contributed by atoms with Crippen molar-refractivity contribution >= 4 is 39.2 Å². The van der Waals surface area contributed by atoms with Gasteiger partial charge in [-0.15, -0.1) is 0 Å². The van der Waals surface area contributed by atoms with E-state index in [1.807, 2.05) is 44.2 Å². The summed E-state index contributed by atoms with van der Waals surface area (Å²) < 4.78 is 34.9. The van der Waals surface area contributed by atoms with E-state index in [4.69, 9.17) is 32.2 Å². The van der Waals surface area contributed by atoms with Gasteiger partial charge in [-0.05, 0) is 73.0 Å². The fourth-order valence-electron chi connectivity index (χ4n) is 4.46. The molecular weight excluding hydrogens is 597 g/mol.